The molecular weight excluding hydrogens is 680 g/mol. The number of thiazole rings is 2. The summed E-state index contributed by atoms with van der Waals surface area (Å²) < 4.78 is 37.1. The topological polar surface area (TPSA) is 173 Å². The van der Waals surface area contributed by atoms with Crippen molar-refractivity contribution in [2.75, 3.05) is 0 Å². The minimum absolute atomic E-state index is 0. The van der Waals surface area contributed by atoms with Crippen LogP contribution >= 0.6 is 22.7 Å². The van der Waals surface area contributed by atoms with Crippen molar-refractivity contribution in [1.82, 2.24) is 9.97 Å². The summed E-state index contributed by atoms with van der Waals surface area (Å²) in [6, 6.07) is 28.0. The van der Waals surface area contributed by atoms with Gasteiger partial charge in [-0.1, -0.05) is 24.3 Å². The Hall–Kier alpha value is -4.41. The van der Waals surface area contributed by atoms with E-state index in [9.17, 15) is 23.2 Å². The molecule has 0 aliphatic rings. The average Bonchev–Trinajstić information content (AvgIpc) is 3.68. The van der Waals surface area contributed by atoms with Crippen molar-refractivity contribution in [3.8, 4) is 32.6 Å². The number of phenolic OH excluding ortho intramolecular Hbond substituents is 2. The molecule has 11 nitrogen and oxygen atoms in total. The summed E-state index contributed by atoms with van der Waals surface area (Å²) in [5.74, 6) is -0.594. The van der Waals surface area contributed by atoms with E-state index in [2.05, 4.69) is 25.4 Å². The SMILES string of the molecule is Cc1ccc2nc(-c3ccc4nc(-c5ccc(N=Nc6ccc(O)c(N=Nc7ccccc7)c6O)cc5)sc4c3)sc2c1S(=O)(=O)[O-].[Na+]. The fourth-order valence-electron chi connectivity index (χ4n) is 4.80. The van der Waals surface area contributed by atoms with Crippen LogP contribution in [-0.4, -0.2) is 33.2 Å². The van der Waals surface area contributed by atoms with Gasteiger partial charge in [-0.15, -0.1) is 32.9 Å². The molecule has 5 aromatic carbocycles. The van der Waals surface area contributed by atoms with E-state index >= 15 is 0 Å². The number of aryl methyl sites for hydroxylation is 1. The second kappa shape index (κ2) is 13.6. The number of benzene rings is 5. The minimum Gasteiger partial charge on any atom is -0.744 e. The summed E-state index contributed by atoms with van der Waals surface area (Å²) >= 11 is 2.66. The predicted octanol–water partition coefficient (Wildman–Crippen LogP) is 6.70. The van der Waals surface area contributed by atoms with Crippen molar-refractivity contribution in [2.24, 2.45) is 20.5 Å². The van der Waals surface area contributed by atoms with Gasteiger partial charge in [0.25, 0.3) is 0 Å². The van der Waals surface area contributed by atoms with E-state index in [1.165, 1.54) is 34.8 Å². The third kappa shape index (κ3) is 6.77. The smallest absolute Gasteiger partial charge is 0.744 e. The van der Waals surface area contributed by atoms with Crippen molar-refractivity contribution in [3.05, 3.63) is 103 Å². The fraction of sp³-hybridized carbons (Fsp3) is 0.0303. The Morgan fingerprint density at radius 1 is 0.708 bits per heavy atom. The molecule has 0 saturated carbocycles. The molecule has 0 atom stereocenters. The third-order valence-electron chi connectivity index (χ3n) is 7.11. The number of hydrogen-bond acceptors (Lipinski definition) is 13. The number of fused-ring (bicyclic) bond motifs is 2. The molecule has 0 fully saturated rings. The molecule has 0 amide bonds. The van der Waals surface area contributed by atoms with Gasteiger partial charge in [0, 0.05) is 11.1 Å². The first-order chi connectivity index (χ1) is 22.6. The summed E-state index contributed by atoms with van der Waals surface area (Å²) in [6.07, 6.45) is 0. The van der Waals surface area contributed by atoms with Gasteiger partial charge in [0.2, 0.25) is 0 Å². The largest absolute Gasteiger partial charge is 1.00 e. The van der Waals surface area contributed by atoms with Gasteiger partial charge in [-0.3, -0.25) is 0 Å². The van der Waals surface area contributed by atoms with E-state index in [4.69, 9.17) is 4.98 Å². The molecule has 2 aromatic heterocycles. The second-order valence-corrected chi connectivity index (χ2v) is 13.7. The molecular formula is C33H21N6NaO5S3. The van der Waals surface area contributed by atoms with Crippen LogP contribution in [0.1, 0.15) is 5.56 Å². The Balaban J connectivity index is 0.00000401. The number of nitrogens with zero attached hydrogens (tertiary/aromatic N) is 6. The van der Waals surface area contributed by atoms with E-state index in [0.29, 0.717) is 32.2 Å². The van der Waals surface area contributed by atoms with Gasteiger partial charge in [0.05, 0.1) is 36.7 Å². The number of rotatable bonds is 7. The van der Waals surface area contributed by atoms with Gasteiger partial charge in [0.1, 0.15) is 31.6 Å². The van der Waals surface area contributed by atoms with Crippen LogP contribution in [0.5, 0.6) is 11.5 Å². The average molecular weight is 701 g/mol. The van der Waals surface area contributed by atoms with Crippen LogP contribution in [0.25, 0.3) is 41.6 Å². The Morgan fingerprint density at radius 2 is 1.35 bits per heavy atom. The van der Waals surface area contributed by atoms with E-state index < -0.39 is 10.1 Å². The van der Waals surface area contributed by atoms with Crippen molar-refractivity contribution >= 4 is 76.0 Å². The van der Waals surface area contributed by atoms with Gasteiger partial charge < -0.3 is 14.8 Å². The maximum Gasteiger partial charge on any atom is 1.00 e. The number of aromatic hydroxyl groups is 2. The Kier molecular flexibility index (Phi) is 9.49. The van der Waals surface area contributed by atoms with Crippen LogP contribution in [0.2, 0.25) is 0 Å². The summed E-state index contributed by atoms with van der Waals surface area (Å²) in [6.45, 7) is 1.60. The van der Waals surface area contributed by atoms with E-state index in [1.807, 2.05) is 36.4 Å². The van der Waals surface area contributed by atoms with Gasteiger partial charge >= 0.3 is 29.6 Å². The monoisotopic (exact) mass is 700 g/mol. The van der Waals surface area contributed by atoms with Crippen molar-refractivity contribution in [2.45, 2.75) is 11.8 Å². The van der Waals surface area contributed by atoms with Crippen molar-refractivity contribution in [3.63, 3.8) is 0 Å². The summed E-state index contributed by atoms with van der Waals surface area (Å²) in [5, 5.41) is 38.6. The second-order valence-electron chi connectivity index (χ2n) is 10.3. The molecule has 2 N–H and O–H groups in total. The third-order valence-corrected chi connectivity index (χ3v) is 10.5. The molecule has 0 bridgehead atoms. The zero-order valence-electron chi connectivity index (χ0n) is 25.3. The summed E-state index contributed by atoms with van der Waals surface area (Å²) in [4.78, 5) is 9.13. The molecule has 7 aromatic rings. The Bertz CT molecular complexity index is 2480. The van der Waals surface area contributed by atoms with Crippen LogP contribution < -0.4 is 29.6 Å². The van der Waals surface area contributed by atoms with Crippen LogP contribution in [0.4, 0.5) is 22.7 Å². The standard InChI is InChI=1S/C33H22N6O5S3.Na/c1-18-7-13-25-30(31(18)47(42,43)44)46-33(35-25)20-10-14-23-27(17-20)45-32(34-23)19-8-11-22(12-9-19)36-38-24-15-16-26(40)28(29(24)41)39-37-21-5-3-2-4-6-21;/h2-17,40-41H,1H3,(H,42,43,44);/q;+1/p-1. The number of aromatic nitrogens is 2. The van der Waals surface area contributed by atoms with Gasteiger partial charge in [0.15, 0.2) is 11.4 Å². The molecule has 48 heavy (non-hydrogen) atoms. The maximum atomic E-state index is 11.9. The Labute approximate surface area is 304 Å². The van der Waals surface area contributed by atoms with Crippen LogP contribution in [0.15, 0.2) is 122 Å². The normalized spacial score (nSPS) is 12.0. The van der Waals surface area contributed by atoms with Crippen molar-refractivity contribution < 1.29 is 52.7 Å². The van der Waals surface area contributed by atoms with Crippen LogP contribution in [0, 0.1) is 6.92 Å². The minimum atomic E-state index is -4.66. The van der Waals surface area contributed by atoms with Gasteiger partial charge in [-0.25, -0.2) is 18.4 Å². The maximum absolute atomic E-state index is 11.9. The summed E-state index contributed by atoms with van der Waals surface area (Å²) in [5.41, 5.74) is 4.40. The first-order valence-electron chi connectivity index (χ1n) is 13.9. The predicted molar refractivity (Wildman–Crippen MR) is 181 cm³/mol. The molecule has 0 aliphatic heterocycles. The van der Waals surface area contributed by atoms with E-state index in [-0.39, 0.29) is 57.3 Å². The number of hydrogen-bond donors (Lipinski definition) is 2. The number of phenols is 2. The Morgan fingerprint density at radius 3 is 2.10 bits per heavy atom. The molecule has 232 valence electrons. The first-order valence-corrected chi connectivity index (χ1v) is 17.0. The molecule has 0 spiro atoms. The quantitative estimate of drug-likeness (QED) is 0.106. The van der Waals surface area contributed by atoms with Crippen LogP contribution in [-0.2, 0) is 10.1 Å². The molecule has 2 heterocycles. The van der Waals surface area contributed by atoms with E-state index in [0.717, 1.165) is 26.4 Å². The number of azo groups is 2. The van der Waals surface area contributed by atoms with Crippen LogP contribution in [0.3, 0.4) is 0 Å². The molecule has 7 rings (SSSR count). The molecule has 0 saturated heterocycles. The van der Waals surface area contributed by atoms with E-state index in [1.54, 1.807) is 55.5 Å². The molecule has 0 radical (unpaired) electrons. The van der Waals surface area contributed by atoms with Gasteiger partial charge in [-0.2, -0.15) is 10.2 Å². The van der Waals surface area contributed by atoms with Gasteiger partial charge in [-0.05, 0) is 85.3 Å². The zero-order chi connectivity index (χ0) is 32.7. The first kappa shape index (κ1) is 33.5. The zero-order valence-corrected chi connectivity index (χ0v) is 29.7. The molecule has 15 heteroatoms. The molecule has 0 aliphatic carbocycles. The fourth-order valence-corrected chi connectivity index (χ4v) is 8.09. The molecule has 0 unspecified atom stereocenters. The summed E-state index contributed by atoms with van der Waals surface area (Å²) in [7, 11) is -4.66. The van der Waals surface area contributed by atoms with Crippen molar-refractivity contribution in [1.29, 1.82) is 0 Å².